The molecule has 4 atom stereocenters. The predicted molar refractivity (Wildman–Crippen MR) is 150 cm³/mol. The monoisotopic (exact) mass is 557 g/mol. The number of aliphatic hydroxyl groups excluding tert-OH is 1. The Bertz CT molecular complexity index is 1520. The number of para-hydroxylation sites is 1. The molecule has 11 heteroatoms. The van der Waals surface area contributed by atoms with Crippen molar-refractivity contribution in [3.63, 3.8) is 0 Å². The Labute approximate surface area is 235 Å². The Kier molecular flexibility index (Phi) is 6.68. The number of anilines is 2. The van der Waals surface area contributed by atoms with Gasteiger partial charge in [-0.3, -0.25) is 14.5 Å². The lowest BCUT2D eigenvalue weighted by molar-refractivity contribution is -0.126. The minimum absolute atomic E-state index is 0.114. The number of hydrogen-bond donors (Lipinski definition) is 3. The van der Waals surface area contributed by atoms with Crippen molar-refractivity contribution in [3.8, 4) is 11.5 Å². The Hall–Kier alpha value is -4.35. The molecule has 6 rings (SSSR count). The molecule has 1 fully saturated rings. The average molecular weight is 558 g/mol. The lowest BCUT2D eigenvalue weighted by Crippen LogP contribution is -2.52. The summed E-state index contributed by atoms with van der Waals surface area (Å²) in [5.41, 5.74) is 2.95. The van der Waals surface area contributed by atoms with E-state index in [0.29, 0.717) is 27.9 Å². The van der Waals surface area contributed by atoms with Gasteiger partial charge in [-0.25, -0.2) is 9.78 Å². The van der Waals surface area contributed by atoms with Crippen LogP contribution in [0.4, 0.5) is 16.2 Å². The van der Waals surface area contributed by atoms with Gasteiger partial charge in [0.25, 0.3) is 0 Å². The van der Waals surface area contributed by atoms with Crippen LogP contribution in [-0.4, -0.2) is 63.3 Å². The summed E-state index contributed by atoms with van der Waals surface area (Å²) in [6, 6.07) is 15.2. The first-order valence-corrected chi connectivity index (χ1v) is 13.7. The van der Waals surface area contributed by atoms with Gasteiger partial charge in [-0.15, -0.1) is 0 Å². The van der Waals surface area contributed by atoms with Crippen molar-refractivity contribution < 1.29 is 24.2 Å². The molecule has 40 heavy (non-hydrogen) atoms. The number of β-amino-alcohol motifs (C(OH)–C–C–N with tert-alkyl or cyclic N) is 1. The number of thioether (sulfide) groups is 1. The Morgan fingerprint density at radius 3 is 2.70 bits per heavy atom. The molecule has 1 aromatic heterocycles. The number of carbonyl (C=O) groups excluding carboxylic acids is 3. The minimum Gasteiger partial charge on any atom is -0.457 e. The Morgan fingerprint density at radius 1 is 1.15 bits per heavy atom. The van der Waals surface area contributed by atoms with Crippen molar-refractivity contribution in [2.24, 2.45) is 0 Å². The number of pyridine rings is 1. The fourth-order valence-electron chi connectivity index (χ4n) is 5.33. The van der Waals surface area contributed by atoms with E-state index in [0.717, 1.165) is 11.1 Å². The number of aliphatic hydroxyl groups is 1. The average Bonchev–Trinajstić information content (AvgIpc) is 3.50. The normalized spacial score (nSPS) is 22.9. The molecule has 2 aromatic carbocycles. The molecule has 0 aliphatic carbocycles. The maximum absolute atomic E-state index is 13.5. The lowest BCUT2D eigenvalue weighted by atomic mass is 9.99. The van der Waals surface area contributed by atoms with Gasteiger partial charge in [0.2, 0.25) is 11.8 Å². The second-order valence-electron chi connectivity index (χ2n) is 9.84. The highest BCUT2D eigenvalue weighted by Gasteiger charge is 2.48. The van der Waals surface area contributed by atoms with Crippen LogP contribution in [0.1, 0.15) is 17.2 Å². The van der Waals surface area contributed by atoms with Crippen LogP contribution in [0.5, 0.6) is 11.5 Å². The van der Waals surface area contributed by atoms with Gasteiger partial charge in [0.1, 0.15) is 21.8 Å². The fourth-order valence-corrected chi connectivity index (χ4v) is 6.57. The number of hydrogen-bond acceptors (Lipinski definition) is 7. The van der Waals surface area contributed by atoms with E-state index in [-0.39, 0.29) is 30.9 Å². The molecule has 4 heterocycles. The number of aryl methyl sites for hydroxylation is 1. The van der Waals surface area contributed by atoms with Gasteiger partial charge in [0.15, 0.2) is 0 Å². The van der Waals surface area contributed by atoms with Crippen LogP contribution >= 0.6 is 11.8 Å². The molecule has 10 nitrogen and oxygen atoms in total. The molecule has 3 aliphatic rings. The summed E-state index contributed by atoms with van der Waals surface area (Å²) < 4.78 is 5.95. The van der Waals surface area contributed by atoms with E-state index in [9.17, 15) is 19.5 Å². The van der Waals surface area contributed by atoms with Crippen LogP contribution in [0, 0.1) is 6.92 Å². The third-order valence-corrected chi connectivity index (χ3v) is 8.54. The molecule has 0 bridgehead atoms. The summed E-state index contributed by atoms with van der Waals surface area (Å²) >= 11 is 1.27. The molecule has 4 amide bonds. The van der Waals surface area contributed by atoms with Crippen LogP contribution in [0.3, 0.4) is 0 Å². The van der Waals surface area contributed by atoms with E-state index >= 15 is 0 Å². The third kappa shape index (κ3) is 4.56. The Morgan fingerprint density at radius 2 is 1.95 bits per heavy atom. The predicted octanol–water partition coefficient (Wildman–Crippen LogP) is 3.43. The van der Waals surface area contributed by atoms with Crippen molar-refractivity contribution in [3.05, 3.63) is 84.6 Å². The number of amides is 4. The number of likely N-dealkylation sites (tertiary alicyclic amines) is 1. The standard InChI is InChI=1S/C29H27N5O5S/c1-3-23(36)33-14-19(22(35)15-33)31-27(37)26-25-24-21(11-12-30-28(24)40-26)34(29(38)32-25)20-10-9-18(13-16(20)2)39-17-7-5-4-6-8-17/h3-13,19,22,25-26,35H,1,14-15H2,2H3,(H,31,37)(H,32,38)/t19-,22+,25?,26?/m0/s1. The summed E-state index contributed by atoms with van der Waals surface area (Å²) in [5, 5.41) is 16.3. The first-order chi connectivity index (χ1) is 19.3. The van der Waals surface area contributed by atoms with Gasteiger partial charge in [0.05, 0.1) is 29.6 Å². The molecule has 0 radical (unpaired) electrons. The molecular weight excluding hydrogens is 530 g/mol. The van der Waals surface area contributed by atoms with Gasteiger partial charge >= 0.3 is 6.03 Å². The minimum atomic E-state index is -0.899. The smallest absolute Gasteiger partial charge is 0.327 e. The first kappa shape index (κ1) is 25.9. The van der Waals surface area contributed by atoms with Crippen LogP contribution < -0.4 is 20.3 Å². The maximum Gasteiger partial charge on any atom is 0.327 e. The summed E-state index contributed by atoms with van der Waals surface area (Å²) in [6.07, 6.45) is 1.91. The molecule has 3 aromatic rings. The molecule has 3 N–H and O–H groups in total. The molecule has 3 aliphatic heterocycles. The van der Waals surface area contributed by atoms with Gasteiger partial charge in [-0.2, -0.15) is 0 Å². The Balaban J connectivity index is 1.24. The molecular formula is C29H27N5O5S. The zero-order valence-corrected chi connectivity index (χ0v) is 22.4. The summed E-state index contributed by atoms with van der Waals surface area (Å²) in [7, 11) is 0. The van der Waals surface area contributed by atoms with Crippen molar-refractivity contribution in [2.75, 3.05) is 18.0 Å². The SMILES string of the molecule is C=CC(=O)N1C[C@@H](O)[C@@H](NC(=O)C2Sc3nccc4c3C2NC(=O)N4c2ccc(Oc3ccccc3)cc2C)C1. The summed E-state index contributed by atoms with van der Waals surface area (Å²) in [5.74, 6) is 0.717. The third-order valence-electron chi connectivity index (χ3n) is 7.26. The van der Waals surface area contributed by atoms with Crippen LogP contribution in [0.25, 0.3) is 0 Å². The number of rotatable bonds is 6. The molecule has 2 unspecified atom stereocenters. The number of aromatic nitrogens is 1. The van der Waals surface area contributed by atoms with Crippen LogP contribution in [0.15, 0.2) is 78.5 Å². The van der Waals surface area contributed by atoms with E-state index in [2.05, 4.69) is 22.2 Å². The molecule has 0 spiro atoms. The second-order valence-corrected chi connectivity index (χ2v) is 11.0. The van der Waals surface area contributed by atoms with Gasteiger partial charge in [-0.05, 0) is 55.0 Å². The van der Waals surface area contributed by atoms with Gasteiger partial charge < -0.3 is 25.4 Å². The fraction of sp³-hybridized carbons (Fsp3) is 0.241. The van der Waals surface area contributed by atoms with Crippen LogP contribution in [0.2, 0.25) is 0 Å². The number of urea groups is 1. The van der Waals surface area contributed by atoms with Crippen molar-refractivity contribution in [1.29, 1.82) is 0 Å². The maximum atomic E-state index is 13.5. The topological polar surface area (TPSA) is 124 Å². The van der Waals surface area contributed by atoms with Gasteiger partial charge in [0, 0.05) is 24.8 Å². The van der Waals surface area contributed by atoms with E-state index in [4.69, 9.17) is 4.74 Å². The van der Waals surface area contributed by atoms with Gasteiger partial charge in [-0.1, -0.05) is 36.5 Å². The molecule has 0 saturated carbocycles. The number of nitrogens with zero attached hydrogens (tertiary/aromatic N) is 3. The quantitative estimate of drug-likeness (QED) is 0.397. The number of carbonyl (C=O) groups is 3. The number of benzene rings is 2. The zero-order valence-electron chi connectivity index (χ0n) is 21.6. The highest BCUT2D eigenvalue weighted by molar-refractivity contribution is 8.01. The molecule has 204 valence electrons. The first-order valence-electron chi connectivity index (χ1n) is 12.8. The van der Waals surface area contributed by atoms with Crippen molar-refractivity contribution >= 4 is 41.0 Å². The summed E-state index contributed by atoms with van der Waals surface area (Å²) in [4.78, 5) is 46.4. The van der Waals surface area contributed by atoms with E-state index < -0.39 is 23.4 Å². The zero-order chi connectivity index (χ0) is 28.0. The second kappa shape index (κ2) is 10.3. The highest BCUT2D eigenvalue weighted by atomic mass is 32.2. The number of ether oxygens (including phenoxy) is 1. The van der Waals surface area contributed by atoms with Crippen molar-refractivity contribution in [2.45, 2.75) is 35.4 Å². The van der Waals surface area contributed by atoms with E-state index in [1.54, 1.807) is 17.2 Å². The number of nitrogens with one attached hydrogen (secondary N) is 2. The summed E-state index contributed by atoms with van der Waals surface area (Å²) in [6.45, 7) is 5.68. The largest absolute Gasteiger partial charge is 0.457 e. The van der Waals surface area contributed by atoms with Crippen molar-refractivity contribution in [1.82, 2.24) is 20.5 Å². The van der Waals surface area contributed by atoms with E-state index in [1.165, 1.54) is 22.7 Å². The van der Waals surface area contributed by atoms with Crippen LogP contribution in [-0.2, 0) is 9.59 Å². The van der Waals surface area contributed by atoms with E-state index in [1.807, 2.05) is 55.5 Å². The lowest BCUT2D eigenvalue weighted by Gasteiger charge is -2.35. The highest BCUT2D eigenvalue weighted by Crippen LogP contribution is 2.51. The molecule has 1 saturated heterocycles.